The number of anilines is 1. The van der Waals surface area contributed by atoms with Crippen LogP contribution in [0.25, 0.3) is 16.9 Å². The fourth-order valence-electron chi connectivity index (χ4n) is 3.83. The maximum atomic E-state index is 13.9. The van der Waals surface area contributed by atoms with Gasteiger partial charge in [-0.05, 0) is 30.7 Å². The first-order valence-electron chi connectivity index (χ1n) is 11.1. The average Bonchev–Trinajstić information content (AvgIpc) is 3.58. The maximum absolute atomic E-state index is 13.9. The number of amides is 1. The Morgan fingerprint density at radius 3 is 2.79 bits per heavy atom. The minimum atomic E-state index is -2.90. The Kier molecular flexibility index (Phi) is 6.64. The van der Waals surface area contributed by atoms with Gasteiger partial charge in [-0.1, -0.05) is 11.3 Å². The monoisotopic (exact) mass is 538 g/mol. The average molecular weight is 539 g/mol. The van der Waals surface area contributed by atoms with Crippen molar-refractivity contribution in [3.63, 3.8) is 0 Å². The first kappa shape index (κ1) is 25.1. The number of nitrogens with one attached hydrogen (secondary N) is 1. The summed E-state index contributed by atoms with van der Waals surface area (Å²) in [7, 11) is 1.31. The predicted molar refractivity (Wildman–Crippen MR) is 132 cm³/mol. The van der Waals surface area contributed by atoms with Gasteiger partial charge in [0.1, 0.15) is 22.3 Å². The maximum Gasteiger partial charge on any atom is 0.292 e. The number of methoxy groups -OCH3 is 1. The van der Waals surface area contributed by atoms with Crippen LogP contribution in [0, 0.1) is 24.1 Å². The van der Waals surface area contributed by atoms with Crippen LogP contribution in [-0.2, 0) is 0 Å². The third-order valence-electron chi connectivity index (χ3n) is 5.89. The van der Waals surface area contributed by atoms with E-state index < -0.39 is 29.4 Å². The lowest BCUT2D eigenvalue weighted by atomic mass is 10.00. The zero-order valence-electron chi connectivity index (χ0n) is 19.6. The molecule has 1 amide bonds. The number of hydrogen-bond donors (Lipinski definition) is 1. The second-order valence-electron chi connectivity index (χ2n) is 8.24. The van der Waals surface area contributed by atoms with E-state index in [1.807, 2.05) is 0 Å². The molecule has 9 nitrogen and oxygen atoms in total. The van der Waals surface area contributed by atoms with E-state index in [0.29, 0.717) is 5.01 Å². The number of carbonyl (C=O) groups excluding carboxylic acids is 1. The van der Waals surface area contributed by atoms with Crippen LogP contribution in [0.3, 0.4) is 0 Å². The van der Waals surface area contributed by atoms with Crippen molar-refractivity contribution < 1.29 is 22.7 Å². The molecular formula is C25H17F3N6O3S. The summed E-state index contributed by atoms with van der Waals surface area (Å²) in [6, 6.07) is 4.67. The predicted octanol–water partition coefficient (Wildman–Crippen LogP) is 4.22. The van der Waals surface area contributed by atoms with E-state index >= 15 is 0 Å². The quantitative estimate of drug-likeness (QED) is 0.351. The molecule has 5 rings (SSSR count). The minimum Gasteiger partial charge on any atom is -0.494 e. The zero-order chi connectivity index (χ0) is 27.0. The Labute approximate surface area is 217 Å². The van der Waals surface area contributed by atoms with E-state index in [1.165, 1.54) is 36.8 Å². The van der Waals surface area contributed by atoms with Gasteiger partial charge in [-0.2, -0.15) is 0 Å². The highest BCUT2D eigenvalue weighted by Gasteiger charge is 2.39. The number of terminal acetylenes is 1. The van der Waals surface area contributed by atoms with Crippen molar-refractivity contribution in [2.45, 2.75) is 18.8 Å². The summed E-state index contributed by atoms with van der Waals surface area (Å²) in [6.07, 6.45) is 6.87. The summed E-state index contributed by atoms with van der Waals surface area (Å²) in [4.78, 5) is 33.5. The van der Waals surface area contributed by atoms with Gasteiger partial charge in [0, 0.05) is 35.4 Å². The number of carbonyl (C=O) groups is 1. The number of alkyl halides is 2. The summed E-state index contributed by atoms with van der Waals surface area (Å²) < 4.78 is 47.2. The lowest BCUT2D eigenvalue weighted by molar-refractivity contribution is 0.102. The third-order valence-corrected chi connectivity index (χ3v) is 6.86. The SMILES string of the molecule is C#C[C@H]1C[C@@H]1c1nnc(NC(=O)c2cnc(-n3cccc(F)c3=O)cc2-c2cc(C(F)F)ncc2OC)s1. The molecule has 1 saturated carbocycles. The number of halogens is 3. The van der Waals surface area contributed by atoms with Gasteiger partial charge in [-0.15, -0.1) is 22.5 Å². The molecule has 0 saturated heterocycles. The molecule has 1 fully saturated rings. The zero-order valence-corrected chi connectivity index (χ0v) is 20.4. The number of aromatic nitrogens is 5. The molecule has 4 heterocycles. The number of nitrogens with zero attached hydrogens (tertiary/aromatic N) is 5. The highest BCUT2D eigenvalue weighted by Crippen LogP contribution is 2.48. The smallest absolute Gasteiger partial charge is 0.292 e. The largest absolute Gasteiger partial charge is 0.494 e. The van der Waals surface area contributed by atoms with Crippen molar-refractivity contribution in [2.24, 2.45) is 5.92 Å². The van der Waals surface area contributed by atoms with Gasteiger partial charge in [0.05, 0.1) is 18.9 Å². The van der Waals surface area contributed by atoms with E-state index in [4.69, 9.17) is 11.2 Å². The Morgan fingerprint density at radius 2 is 2.08 bits per heavy atom. The van der Waals surface area contributed by atoms with E-state index in [0.717, 1.165) is 35.5 Å². The van der Waals surface area contributed by atoms with Gasteiger partial charge >= 0.3 is 0 Å². The van der Waals surface area contributed by atoms with Crippen LogP contribution in [-0.4, -0.2) is 37.7 Å². The molecule has 38 heavy (non-hydrogen) atoms. The standard InChI is InChI=1S/C25H17F3N6O3S/c1-3-12-7-13(12)23-32-33-25(38-23)31-22(35)16-10-30-20(34-6-4-5-17(26)24(34)36)9-14(16)15-8-18(21(27)28)29-11-19(15)37-2/h1,4-6,8-13,21H,7H2,2H3,(H,31,33,35)/t12-,13-/m0/s1. The van der Waals surface area contributed by atoms with Crippen LogP contribution in [0.15, 0.2) is 47.7 Å². The van der Waals surface area contributed by atoms with Gasteiger partial charge in [0.2, 0.25) is 5.13 Å². The lowest BCUT2D eigenvalue weighted by Gasteiger charge is -2.15. The highest BCUT2D eigenvalue weighted by atomic mass is 32.1. The van der Waals surface area contributed by atoms with Gasteiger partial charge in [0.15, 0.2) is 5.82 Å². The first-order chi connectivity index (χ1) is 18.3. The molecule has 0 unspecified atom stereocenters. The molecule has 0 aliphatic heterocycles. The Balaban J connectivity index is 1.60. The molecule has 0 spiro atoms. The molecule has 4 aromatic rings. The molecular weight excluding hydrogens is 521 g/mol. The van der Waals surface area contributed by atoms with Crippen molar-refractivity contribution in [1.82, 2.24) is 24.7 Å². The molecule has 1 N–H and O–H groups in total. The second kappa shape index (κ2) is 10.1. The van der Waals surface area contributed by atoms with Crippen molar-refractivity contribution >= 4 is 22.4 Å². The molecule has 0 radical (unpaired) electrons. The molecule has 2 atom stereocenters. The van der Waals surface area contributed by atoms with Crippen LogP contribution < -0.4 is 15.6 Å². The second-order valence-corrected chi connectivity index (χ2v) is 9.25. The topological polar surface area (TPSA) is 112 Å². The molecule has 192 valence electrons. The van der Waals surface area contributed by atoms with Crippen LogP contribution in [0.2, 0.25) is 0 Å². The fraction of sp³-hybridized carbons (Fsp3) is 0.200. The Bertz CT molecular complexity index is 1650. The number of hydrogen-bond acceptors (Lipinski definition) is 8. The number of rotatable bonds is 7. The third kappa shape index (κ3) is 4.73. The van der Waals surface area contributed by atoms with Gasteiger partial charge < -0.3 is 4.74 Å². The van der Waals surface area contributed by atoms with Gasteiger partial charge in [-0.25, -0.2) is 18.2 Å². The van der Waals surface area contributed by atoms with E-state index in [9.17, 15) is 22.8 Å². The van der Waals surface area contributed by atoms with Crippen LogP contribution >= 0.6 is 11.3 Å². The molecule has 0 bridgehead atoms. The highest BCUT2D eigenvalue weighted by molar-refractivity contribution is 7.15. The summed E-state index contributed by atoms with van der Waals surface area (Å²) >= 11 is 1.17. The van der Waals surface area contributed by atoms with Crippen molar-refractivity contribution in [1.29, 1.82) is 0 Å². The summed E-state index contributed by atoms with van der Waals surface area (Å²) in [5, 5.41) is 11.6. The summed E-state index contributed by atoms with van der Waals surface area (Å²) in [5.41, 5.74) is -1.42. The molecule has 13 heteroatoms. The Hall–Kier alpha value is -4.57. The van der Waals surface area contributed by atoms with Crippen molar-refractivity contribution in [3.05, 3.63) is 75.3 Å². The van der Waals surface area contributed by atoms with Crippen molar-refractivity contribution in [2.75, 3.05) is 12.4 Å². The van der Waals surface area contributed by atoms with Crippen LogP contribution in [0.4, 0.5) is 18.3 Å². The van der Waals surface area contributed by atoms with Gasteiger partial charge in [0.25, 0.3) is 17.9 Å². The number of ether oxygens (including phenoxy) is 1. The van der Waals surface area contributed by atoms with E-state index in [-0.39, 0.29) is 45.2 Å². The van der Waals surface area contributed by atoms with Crippen LogP contribution in [0.1, 0.15) is 39.8 Å². The van der Waals surface area contributed by atoms with Gasteiger partial charge in [-0.3, -0.25) is 24.5 Å². The molecule has 4 aromatic heterocycles. The minimum absolute atomic E-state index is 0.0485. The molecule has 0 aromatic carbocycles. The molecule has 1 aliphatic rings. The Morgan fingerprint density at radius 1 is 1.26 bits per heavy atom. The van der Waals surface area contributed by atoms with E-state index in [2.05, 4.69) is 31.4 Å². The van der Waals surface area contributed by atoms with Crippen molar-refractivity contribution in [3.8, 4) is 35.0 Å². The fourth-order valence-corrected chi connectivity index (χ4v) is 4.75. The number of pyridine rings is 3. The summed E-state index contributed by atoms with van der Waals surface area (Å²) in [5.74, 6) is 1.19. The molecule has 1 aliphatic carbocycles. The van der Waals surface area contributed by atoms with E-state index in [1.54, 1.807) is 0 Å². The van der Waals surface area contributed by atoms with Crippen LogP contribution in [0.5, 0.6) is 5.75 Å². The lowest BCUT2D eigenvalue weighted by Crippen LogP contribution is -2.22. The summed E-state index contributed by atoms with van der Waals surface area (Å²) in [6.45, 7) is 0. The normalized spacial score (nSPS) is 16.2. The first-order valence-corrected chi connectivity index (χ1v) is 11.9.